The van der Waals surface area contributed by atoms with E-state index in [1.807, 2.05) is 30.3 Å². The highest BCUT2D eigenvalue weighted by Gasteiger charge is 2.14. The molecule has 0 aliphatic heterocycles. The molecule has 0 saturated carbocycles. The molecule has 7 heteroatoms. The van der Waals surface area contributed by atoms with Crippen LogP contribution in [-0.4, -0.2) is 40.8 Å². The van der Waals surface area contributed by atoms with Gasteiger partial charge in [-0.2, -0.15) is 5.10 Å². The molecule has 0 fully saturated rings. The van der Waals surface area contributed by atoms with Crippen LogP contribution in [0.1, 0.15) is 10.5 Å². The van der Waals surface area contributed by atoms with Gasteiger partial charge in [0.05, 0.1) is 12.8 Å². The van der Waals surface area contributed by atoms with Crippen molar-refractivity contribution < 1.29 is 13.9 Å². The fourth-order valence-corrected chi connectivity index (χ4v) is 2.63. The van der Waals surface area contributed by atoms with Gasteiger partial charge < -0.3 is 14.5 Å². The van der Waals surface area contributed by atoms with Gasteiger partial charge in [0.25, 0.3) is 5.91 Å². The van der Waals surface area contributed by atoms with Crippen LogP contribution in [0.3, 0.4) is 0 Å². The highest BCUT2D eigenvalue weighted by Crippen LogP contribution is 2.27. The molecule has 126 valence electrons. The molecule has 0 unspecified atom stereocenters. The molecule has 25 heavy (non-hydrogen) atoms. The summed E-state index contributed by atoms with van der Waals surface area (Å²) in [6.07, 6.45) is 1.69. The van der Waals surface area contributed by atoms with E-state index in [1.54, 1.807) is 30.0 Å². The van der Waals surface area contributed by atoms with Gasteiger partial charge >= 0.3 is 0 Å². The Morgan fingerprint density at radius 1 is 1.28 bits per heavy atom. The molecule has 0 spiro atoms. The van der Waals surface area contributed by atoms with Crippen molar-refractivity contribution >= 4 is 22.5 Å². The van der Waals surface area contributed by atoms with Crippen molar-refractivity contribution in [1.82, 2.24) is 19.9 Å². The summed E-state index contributed by atoms with van der Waals surface area (Å²) in [5.74, 6) is 0.390. The van der Waals surface area contributed by atoms with Gasteiger partial charge in [-0.3, -0.25) is 4.79 Å². The molecule has 1 N–H and O–H groups in total. The van der Waals surface area contributed by atoms with Crippen LogP contribution >= 0.6 is 0 Å². The van der Waals surface area contributed by atoms with Crippen molar-refractivity contribution in [2.45, 2.75) is 0 Å². The fourth-order valence-electron chi connectivity index (χ4n) is 2.63. The zero-order chi connectivity index (χ0) is 17.2. The molecule has 0 radical (unpaired) electrons. The Morgan fingerprint density at radius 2 is 2.16 bits per heavy atom. The Bertz CT molecular complexity index is 1020. The van der Waals surface area contributed by atoms with Crippen LogP contribution < -0.4 is 5.32 Å². The molecule has 3 heterocycles. The highest BCUT2D eigenvalue weighted by molar-refractivity contribution is 5.92. The van der Waals surface area contributed by atoms with E-state index in [-0.39, 0.29) is 5.91 Å². The van der Waals surface area contributed by atoms with E-state index < -0.39 is 0 Å². The zero-order valence-corrected chi connectivity index (χ0v) is 13.6. The summed E-state index contributed by atoms with van der Waals surface area (Å²) in [4.78, 5) is 16.5. The smallest absolute Gasteiger partial charge is 0.271 e. The summed E-state index contributed by atoms with van der Waals surface area (Å²) in [7, 11) is 1.58. The number of rotatable bonds is 5. The Kier molecular flexibility index (Phi) is 3.91. The van der Waals surface area contributed by atoms with Gasteiger partial charge in [-0.1, -0.05) is 18.2 Å². The molecule has 0 saturated heterocycles. The van der Waals surface area contributed by atoms with E-state index >= 15 is 0 Å². The first-order valence-corrected chi connectivity index (χ1v) is 7.87. The van der Waals surface area contributed by atoms with Crippen LogP contribution in [0.4, 0.5) is 0 Å². The number of aromatic nitrogens is 3. The first-order chi connectivity index (χ1) is 12.3. The van der Waals surface area contributed by atoms with E-state index in [0.717, 1.165) is 11.0 Å². The van der Waals surface area contributed by atoms with Crippen LogP contribution in [0.5, 0.6) is 0 Å². The molecule has 0 bridgehead atoms. The molecule has 0 aliphatic rings. The van der Waals surface area contributed by atoms with Gasteiger partial charge in [-0.05, 0) is 24.3 Å². The first kappa shape index (κ1) is 15.3. The van der Waals surface area contributed by atoms with E-state index in [0.29, 0.717) is 35.9 Å². The van der Waals surface area contributed by atoms with Crippen molar-refractivity contribution in [3.05, 3.63) is 54.4 Å². The first-order valence-electron chi connectivity index (χ1n) is 7.87. The molecule has 1 amide bonds. The summed E-state index contributed by atoms with van der Waals surface area (Å²) in [6, 6.07) is 13.1. The lowest BCUT2D eigenvalue weighted by molar-refractivity contribution is 0.0931. The zero-order valence-electron chi connectivity index (χ0n) is 13.6. The van der Waals surface area contributed by atoms with Crippen molar-refractivity contribution in [2.75, 3.05) is 20.3 Å². The topological polar surface area (TPSA) is 81.7 Å². The Balaban J connectivity index is 1.72. The van der Waals surface area contributed by atoms with Crippen molar-refractivity contribution in [3.63, 3.8) is 0 Å². The Labute approximate surface area is 143 Å². The maximum Gasteiger partial charge on any atom is 0.271 e. The minimum atomic E-state index is -0.261. The number of carbonyl (C=O) groups is 1. The van der Waals surface area contributed by atoms with Crippen molar-refractivity contribution in [3.8, 4) is 11.5 Å². The molecular weight excluding hydrogens is 320 g/mol. The van der Waals surface area contributed by atoms with E-state index in [9.17, 15) is 4.79 Å². The van der Waals surface area contributed by atoms with Gasteiger partial charge in [0.1, 0.15) is 17.0 Å². The second kappa shape index (κ2) is 6.37. The molecule has 4 aromatic rings. The second-order valence-corrected chi connectivity index (χ2v) is 5.53. The molecule has 7 nitrogen and oxygen atoms in total. The number of nitrogens with zero attached hydrogens (tertiary/aromatic N) is 3. The standard InChI is InChI=1S/C18H16N4O3/c1-24-9-8-19-18(23)13-6-7-17-20-11-14(22(17)21-13)16-10-12-4-2-3-5-15(12)25-16/h2-7,10-11H,8-9H2,1H3,(H,19,23). The minimum absolute atomic E-state index is 0.261. The average Bonchev–Trinajstić information content (AvgIpc) is 3.24. The third-order valence-electron chi connectivity index (χ3n) is 3.86. The summed E-state index contributed by atoms with van der Waals surface area (Å²) in [5.41, 5.74) is 2.43. The molecular formula is C18H16N4O3. The number of amides is 1. The quantitative estimate of drug-likeness (QED) is 0.566. The fraction of sp³-hybridized carbons (Fsp3) is 0.167. The number of para-hydroxylation sites is 1. The number of hydrogen-bond acceptors (Lipinski definition) is 5. The predicted octanol–water partition coefficient (Wildman–Crippen LogP) is 2.52. The molecule has 4 rings (SSSR count). The SMILES string of the molecule is COCCNC(=O)c1ccc2ncc(-c3cc4ccccc4o3)n2n1. The van der Waals surface area contributed by atoms with Crippen molar-refractivity contribution in [2.24, 2.45) is 0 Å². The van der Waals surface area contributed by atoms with Crippen LogP contribution in [0.15, 0.2) is 53.1 Å². The lowest BCUT2D eigenvalue weighted by Crippen LogP contribution is -2.28. The van der Waals surface area contributed by atoms with Gasteiger partial charge in [-0.25, -0.2) is 9.50 Å². The second-order valence-electron chi connectivity index (χ2n) is 5.53. The number of imidazole rings is 1. The predicted molar refractivity (Wildman–Crippen MR) is 92.4 cm³/mol. The summed E-state index contributed by atoms with van der Waals surface area (Å²) < 4.78 is 12.4. The molecule has 0 atom stereocenters. The summed E-state index contributed by atoms with van der Waals surface area (Å²) in [6.45, 7) is 0.874. The van der Waals surface area contributed by atoms with Crippen LogP contribution in [0.25, 0.3) is 28.1 Å². The maximum absolute atomic E-state index is 12.2. The van der Waals surface area contributed by atoms with E-state index in [2.05, 4.69) is 15.4 Å². The normalized spacial score (nSPS) is 11.2. The Hall–Kier alpha value is -3.19. The summed E-state index contributed by atoms with van der Waals surface area (Å²) in [5, 5.41) is 8.16. The summed E-state index contributed by atoms with van der Waals surface area (Å²) >= 11 is 0. The number of benzene rings is 1. The minimum Gasteiger partial charge on any atom is -0.454 e. The van der Waals surface area contributed by atoms with Gasteiger partial charge in [-0.15, -0.1) is 0 Å². The third kappa shape index (κ3) is 2.85. The van der Waals surface area contributed by atoms with Crippen LogP contribution in [-0.2, 0) is 4.74 Å². The average molecular weight is 336 g/mol. The lowest BCUT2D eigenvalue weighted by Gasteiger charge is -2.04. The number of methoxy groups -OCH3 is 1. The van der Waals surface area contributed by atoms with E-state index in [1.165, 1.54) is 0 Å². The number of furan rings is 1. The lowest BCUT2D eigenvalue weighted by atomic mass is 10.2. The molecule has 3 aromatic heterocycles. The number of nitrogens with one attached hydrogen (secondary N) is 1. The van der Waals surface area contributed by atoms with Gasteiger partial charge in [0.2, 0.25) is 0 Å². The van der Waals surface area contributed by atoms with Gasteiger partial charge in [0.15, 0.2) is 11.4 Å². The van der Waals surface area contributed by atoms with Gasteiger partial charge in [0, 0.05) is 19.0 Å². The number of carbonyl (C=O) groups excluding carboxylic acids is 1. The largest absolute Gasteiger partial charge is 0.454 e. The molecule has 1 aromatic carbocycles. The van der Waals surface area contributed by atoms with Crippen LogP contribution in [0.2, 0.25) is 0 Å². The number of ether oxygens (including phenoxy) is 1. The number of hydrogen-bond donors (Lipinski definition) is 1. The highest BCUT2D eigenvalue weighted by atomic mass is 16.5. The number of fused-ring (bicyclic) bond motifs is 2. The Morgan fingerprint density at radius 3 is 3.00 bits per heavy atom. The van der Waals surface area contributed by atoms with E-state index in [4.69, 9.17) is 9.15 Å². The maximum atomic E-state index is 12.2. The van der Waals surface area contributed by atoms with Crippen molar-refractivity contribution in [1.29, 1.82) is 0 Å². The molecule has 0 aliphatic carbocycles. The monoisotopic (exact) mass is 336 g/mol. The third-order valence-corrected chi connectivity index (χ3v) is 3.86. The van der Waals surface area contributed by atoms with Crippen LogP contribution in [0, 0.1) is 0 Å².